The Hall–Kier alpha value is -0.130. The third-order valence-corrected chi connectivity index (χ3v) is 1.91. The van der Waals surface area contributed by atoms with Crippen LogP contribution in [0.4, 0.5) is 0 Å². The standard InChI is InChI=1S/C7H13NO3.BrH/c1-10-7(9)5-4-11-3-2-6(5)8;/h5-6H,2-4,8H2,1H3;1H/t5-,6+;/m0./s1. The van der Waals surface area contributed by atoms with Gasteiger partial charge in [0.25, 0.3) is 0 Å². The molecule has 1 saturated heterocycles. The highest BCUT2D eigenvalue weighted by molar-refractivity contribution is 8.93. The molecular weight excluding hydrogens is 226 g/mol. The number of hydrogen-bond acceptors (Lipinski definition) is 4. The minimum Gasteiger partial charge on any atom is -0.469 e. The van der Waals surface area contributed by atoms with Gasteiger partial charge >= 0.3 is 5.97 Å². The number of methoxy groups -OCH3 is 1. The van der Waals surface area contributed by atoms with Gasteiger partial charge in [-0.15, -0.1) is 17.0 Å². The third-order valence-electron chi connectivity index (χ3n) is 1.91. The summed E-state index contributed by atoms with van der Waals surface area (Å²) in [6.45, 7) is 1.04. The minimum atomic E-state index is -0.270. The van der Waals surface area contributed by atoms with E-state index in [9.17, 15) is 4.79 Å². The number of rotatable bonds is 1. The van der Waals surface area contributed by atoms with Crippen LogP contribution in [0, 0.1) is 5.92 Å². The average Bonchev–Trinajstić information content (AvgIpc) is 2.04. The second-order valence-electron chi connectivity index (χ2n) is 2.66. The zero-order valence-electron chi connectivity index (χ0n) is 6.99. The molecule has 1 rings (SSSR count). The molecule has 1 aliphatic heterocycles. The molecule has 0 saturated carbocycles. The fourth-order valence-electron chi connectivity index (χ4n) is 1.15. The van der Waals surface area contributed by atoms with Gasteiger partial charge in [0.2, 0.25) is 0 Å². The smallest absolute Gasteiger partial charge is 0.312 e. The van der Waals surface area contributed by atoms with Crippen LogP contribution in [-0.4, -0.2) is 32.3 Å². The molecule has 0 aromatic rings. The molecule has 4 nitrogen and oxygen atoms in total. The molecule has 1 fully saturated rings. The van der Waals surface area contributed by atoms with Gasteiger partial charge in [-0.3, -0.25) is 4.79 Å². The Bertz CT molecular complexity index is 154. The first-order valence-electron chi connectivity index (χ1n) is 3.67. The van der Waals surface area contributed by atoms with Gasteiger partial charge in [0.1, 0.15) is 0 Å². The summed E-state index contributed by atoms with van der Waals surface area (Å²) in [7, 11) is 1.36. The zero-order valence-corrected chi connectivity index (χ0v) is 8.70. The van der Waals surface area contributed by atoms with Gasteiger partial charge in [0.05, 0.1) is 19.6 Å². The lowest BCUT2D eigenvalue weighted by Gasteiger charge is -2.26. The first kappa shape index (κ1) is 11.9. The highest BCUT2D eigenvalue weighted by Crippen LogP contribution is 2.13. The van der Waals surface area contributed by atoms with Crippen molar-refractivity contribution in [2.45, 2.75) is 12.5 Å². The summed E-state index contributed by atoms with van der Waals surface area (Å²) in [6.07, 6.45) is 0.736. The Morgan fingerprint density at radius 1 is 1.67 bits per heavy atom. The molecule has 0 aromatic heterocycles. The Morgan fingerprint density at radius 2 is 2.33 bits per heavy atom. The number of nitrogens with two attached hydrogens (primary N) is 1. The van der Waals surface area contributed by atoms with Gasteiger partial charge in [-0.05, 0) is 6.42 Å². The van der Waals surface area contributed by atoms with Crippen LogP contribution < -0.4 is 5.73 Å². The van der Waals surface area contributed by atoms with Crippen LogP contribution in [0.5, 0.6) is 0 Å². The number of carbonyl (C=O) groups excluding carboxylic acids is 1. The normalized spacial score (nSPS) is 28.8. The highest BCUT2D eigenvalue weighted by atomic mass is 79.9. The topological polar surface area (TPSA) is 61.5 Å². The van der Waals surface area contributed by atoms with Crippen molar-refractivity contribution in [3.63, 3.8) is 0 Å². The fourth-order valence-corrected chi connectivity index (χ4v) is 1.15. The lowest BCUT2D eigenvalue weighted by molar-refractivity contribution is -0.150. The van der Waals surface area contributed by atoms with Crippen LogP contribution in [0.2, 0.25) is 0 Å². The molecule has 0 radical (unpaired) electrons. The SMILES string of the molecule is Br.COC(=O)[C@H]1COCC[C@H]1N. The van der Waals surface area contributed by atoms with E-state index in [4.69, 9.17) is 10.5 Å². The second kappa shape index (κ2) is 5.50. The molecule has 5 heteroatoms. The van der Waals surface area contributed by atoms with E-state index in [0.29, 0.717) is 13.2 Å². The van der Waals surface area contributed by atoms with E-state index in [1.807, 2.05) is 0 Å². The summed E-state index contributed by atoms with van der Waals surface area (Å²) in [5, 5.41) is 0. The van der Waals surface area contributed by atoms with Gasteiger partial charge in [-0.2, -0.15) is 0 Å². The van der Waals surface area contributed by atoms with Crippen molar-refractivity contribution in [3.8, 4) is 0 Å². The predicted octanol–water partition coefficient (Wildman–Crippen LogP) is 0.101. The van der Waals surface area contributed by atoms with Crippen molar-refractivity contribution in [1.29, 1.82) is 0 Å². The van der Waals surface area contributed by atoms with Crippen molar-refractivity contribution in [2.24, 2.45) is 11.7 Å². The van der Waals surface area contributed by atoms with Crippen LogP contribution in [0.25, 0.3) is 0 Å². The van der Waals surface area contributed by atoms with E-state index in [1.165, 1.54) is 7.11 Å². The molecule has 2 atom stereocenters. The van der Waals surface area contributed by atoms with E-state index in [2.05, 4.69) is 4.74 Å². The molecule has 1 heterocycles. The highest BCUT2D eigenvalue weighted by Gasteiger charge is 2.29. The third kappa shape index (κ3) is 2.73. The average molecular weight is 240 g/mol. The minimum absolute atomic E-state index is 0. The fraction of sp³-hybridized carbons (Fsp3) is 0.857. The molecule has 12 heavy (non-hydrogen) atoms. The summed E-state index contributed by atoms with van der Waals surface area (Å²) in [4.78, 5) is 11.0. The summed E-state index contributed by atoms with van der Waals surface area (Å²) in [5.74, 6) is -0.536. The Labute approximate surface area is 82.2 Å². The summed E-state index contributed by atoms with van der Waals surface area (Å²) >= 11 is 0. The number of hydrogen-bond donors (Lipinski definition) is 1. The number of halogens is 1. The molecule has 0 amide bonds. The number of carbonyl (C=O) groups is 1. The zero-order chi connectivity index (χ0) is 8.27. The van der Waals surface area contributed by atoms with E-state index >= 15 is 0 Å². The lowest BCUT2D eigenvalue weighted by Crippen LogP contribution is -2.43. The van der Waals surface area contributed by atoms with Crippen LogP contribution in [0.15, 0.2) is 0 Å². The molecule has 0 spiro atoms. The van der Waals surface area contributed by atoms with Gasteiger partial charge in [0, 0.05) is 12.6 Å². The molecule has 0 aromatic carbocycles. The van der Waals surface area contributed by atoms with Gasteiger partial charge in [-0.25, -0.2) is 0 Å². The Kier molecular flexibility index (Phi) is 5.44. The molecular formula is C7H14BrNO3. The maximum atomic E-state index is 11.0. The molecule has 0 unspecified atom stereocenters. The predicted molar refractivity (Wildman–Crippen MR) is 49.2 cm³/mol. The van der Waals surface area contributed by atoms with Crippen molar-refractivity contribution < 1.29 is 14.3 Å². The first-order valence-corrected chi connectivity index (χ1v) is 3.67. The molecule has 2 N–H and O–H groups in total. The lowest BCUT2D eigenvalue weighted by atomic mass is 9.97. The number of ether oxygens (including phenoxy) is 2. The van der Waals surface area contributed by atoms with Crippen molar-refractivity contribution in [1.82, 2.24) is 0 Å². The first-order chi connectivity index (χ1) is 5.25. The van der Waals surface area contributed by atoms with E-state index in [-0.39, 0.29) is 34.9 Å². The number of esters is 1. The van der Waals surface area contributed by atoms with Gasteiger partial charge < -0.3 is 15.2 Å². The van der Waals surface area contributed by atoms with Gasteiger partial charge in [-0.1, -0.05) is 0 Å². The quantitative estimate of drug-likeness (QED) is 0.660. The van der Waals surface area contributed by atoms with Crippen molar-refractivity contribution in [3.05, 3.63) is 0 Å². The molecule has 0 bridgehead atoms. The molecule has 0 aliphatic carbocycles. The largest absolute Gasteiger partial charge is 0.469 e. The summed E-state index contributed by atoms with van der Waals surface area (Å²) < 4.78 is 9.66. The Morgan fingerprint density at radius 3 is 2.83 bits per heavy atom. The van der Waals surface area contributed by atoms with E-state index in [1.54, 1.807) is 0 Å². The second-order valence-corrected chi connectivity index (χ2v) is 2.66. The molecule has 72 valence electrons. The van der Waals surface area contributed by atoms with E-state index < -0.39 is 0 Å². The maximum absolute atomic E-state index is 11.0. The van der Waals surface area contributed by atoms with Crippen molar-refractivity contribution >= 4 is 23.0 Å². The molecule has 1 aliphatic rings. The Balaban J connectivity index is 0.00000121. The monoisotopic (exact) mass is 239 g/mol. The van der Waals surface area contributed by atoms with Crippen LogP contribution >= 0.6 is 17.0 Å². The van der Waals surface area contributed by atoms with Gasteiger partial charge in [0.15, 0.2) is 0 Å². The summed E-state index contributed by atoms with van der Waals surface area (Å²) in [5.41, 5.74) is 5.67. The van der Waals surface area contributed by atoms with Crippen molar-refractivity contribution in [2.75, 3.05) is 20.3 Å². The van der Waals surface area contributed by atoms with Crippen LogP contribution in [0.1, 0.15) is 6.42 Å². The summed E-state index contributed by atoms with van der Waals surface area (Å²) in [6, 6.07) is -0.101. The van der Waals surface area contributed by atoms with Crippen LogP contribution in [-0.2, 0) is 14.3 Å². The van der Waals surface area contributed by atoms with Crippen LogP contribution in [0.3, 0.4) is 0 Å². The van der Waals surface area contributed by atoms with E-state index in [0.717, 1.165) is 6.42 Å². The maximum Gasteiger partial charge on any atom is 0.312 e.